The first-order valence-corrected chi connectivity index (χ1v) is 8.63. The highest BCUT2D eigenvalue weighted by Crippen LogP contribution is 2.48. The number of hydrogen-bond acceptors (Lipinski definition) is 3. The van der Waals surface area contributed by atoms with Crippen molar-refractivity contribution in [3.63, 3.8) is 0 Å². The van der Waals surface area contributed by atoms with Gasteiger partial charge in [0.25, 0.3) is 0 Å². The molecule has 2 fully saturated rings. The Morgan fingerprint density at radius 1 is 1.39 bits per heavy atom. The van der Waals surface area contributed by atoms with Crippen molar-refractivity contribution >= 4 is 34.2 Å². The van der Waals surface area contributed by atoms with Gasteiger partial charge in [-0.15, -0.1) is 12.4 Å². The maximum Gasteiger partial charge on any atom is 0.227 e. The first-order valence-electron chi connectivity index (χ1n) is 7.84. The Kier molecular flexibility index (Phi) is 5.98. The Labute approximate surface area is 152 Å². The number of methoxy groups -OCH3 is 1. The number of rotatable bonds is 4. The molecule has 2 N–H and O–H groups in total. The molecule has 2 bridgehead atoms. The third-order valence-corrected chi connectivity index (χ3v) is 5.79. The predicted molar refractivity (Wildman–Crippen MR) is 96.7 cm³/mol. The molecule has 0 radical (unpaired) electrons. The van der Waals surface area contributed by atoms with E-state index in [0.29, 0.717) is 18.4 Å². The van der Waals surface area contributed by atoms with Crippen LogP contribution in [0.4, 0.5) is 0 Å². The average Bonchev–Trinajstić information content (AvgIpc) is 3.07. The summed E-state index contributed by atoms with van der Waals surface area (Å²) in [6.07, 6.45) is 3.48. The molecule has 128 valence electrons. The van der Waals surface area contributed by atoms with Crippen LogP contribution in [-0.4, -0.2) is 31.0 Å². The van der Waals surface area contributed by atoms with Crippen LogP contribution >= 0.6 is 28.3 Å². The van der Waals surface area contributed by atoms with Crippen molar-refractivity contribution < 1.29 is 9.53 Å². The molecule has 4 unspecified atom stereocenters. The van der Waals surface area contributed by atoms with Crippen molar-refractivity contribution in [2.45, 2.75) is 31.8 Å². The van der Waals surface area contributed by atoms with Gasteiger partial charge in [0.15, 0.2) is 0 Å². The van der Waals surface area contributed by atoms with Gasteiger partial charge in [0.2, 0.25) is 5.91 Å². The van der Waals surface area contributed by atoms with Crippen LogP contribution < -0.4 is 10.5 Å². The molecule has 0 saturated heterocycles. The van der Waals surface area contributed by atoms with E-state index in [9.17, 15) is 4.79 Å². The average molecular weight is 404 g/mol. The van der Waals surface area contributed by atoms with Crippen molar-refractivity contribution in [1.29, 1.82) is 0 Å². The smallest absolute Gasteiger partial charge is 0.227 e. The number of carbonyl (C=O) groups excluding carboxylic acids is 1. The summed E-state index contributed by atoms with van der Waals surface area (Å²) in [5, 5.41) is 0. The fraction of sp³-hybridized carbons (Fsp3) is 0.588. The Morgan fingerprint density at radius 2 is 2.09 bits per heavy atom. The van der Waals surface area contributed by atoms with E-state index in [-0.39, 0.29) is 30.3 Å². The van der Waals surface area contributed by atoms with Gasteiger partial charge in [-0.2, -0.15) is 0 Å². The van der Waals surface area contributed by atoms with Crippen molar-refractivity contribution in [3.8, 4) is 5.75 Å². The molecule has 23 heavy (non-hydrogen) atoms. The van der Waals surface area contributed by atoms with Gasteiger partial charge in [-0.1, -0.05) is 15.9 Å². The van der Waals surface area contributed by atoms with Gasteiger partial charge < -0.3 is 15.4 Å². The largest absolute Gasteiger partial charge is 0.496 e. The number of ether oxygens (including phenoxy) is 1. The van der Waals surface area contributed by atoms with Gasteiger partial charge in [0.1, 0.15) is 5.75 Å². The molecule has 3 rings (SSSR count). The molecule has 1 aromatic rings. The highest BCUT2D eigenvalue weighted by Gasteiger charge is 2.49. The van der Waals surface area contributed by atoms with Crippen LogP contribution in [0.1, 0.15) is 24.8 Å². The quantitative estimate of drug-likeness (QED) is 0.840. The van der Waals surface area contributed by atoms with Crippen LogP contribution in [0.25, 0.3) is 0 Å². The Bertz CT molecular complexity index is 582. The summed E-state index contributed by atoms with van der Waals surface area (Å²) in [6.45, 7) is 0.544. The number of halogens is 2. The molecule has 6 heteroatoms. The summed E-state index contributed by atoms with van der Waals surface area (Å²) in [5.74, 6) is 2.02. The summed E-state index contributed by atoms with van der Waals surface area (Å²) in [4.78, 5) is 14.6. The molecule has 1 amide bonds. The van der Waals surface area contributed by atoms with E-state index in [2.05, 4.69) is 15.9 Å². The second kappa shape index (κ2) is 7.41. The number of carbonyl (C=O) groups is 1. The van der Waals surface area contributed by atoms with E-state index in [0.717, 1.165) is 28.6 Å². The SMILES string of the molecule is COc1ccc(Br)cc1CN(C)C(=O)C1C2CCC(C2)C1N.Cl. The Hall–Kier alpha value is -0.780. The maximum absolute atomic E-state index is 12.8. The Morgan fingerprint density at radius 3 is 2.70 bits per heavy atom. The van der Waals surface area contributed by atoms with Gasteiger partial charge in [-0.05, 0) is 49.3 Å². The number of nitrogens with two attached hydrogens (primary N) is 1. The van der Waals surface area contributed by atoms with E-state index in [1.54, 1.807) is 12.0 Å². The van der Waals surface area contributed by atoms with E-state index < -0.39 is 0 Å². The zero-order valence-electron chi connectivity index (χ0n) is 13.5. The van der Waals surface area contributed by atoms with E-state index in [1.165, 1.54) is 6.42 Å². The minimum Gasteiger partial charge on any atom is -0.496 e. The monoisotopic (exact) mass is 402 g/mol. The van der Waals surface area contributed by atoms with Gasteiger partial charge in [-0.25, -0.2) is 0 Å². The van der Waals surface area contributed by atoms with Crippen LogP contribution in [0.2, 0.25) is 0 Å². The topological polar surface area (TPSA) is 55.6 Å². The number of amides is 1. The first kappa shape index (κ1) is 18.6. The lowest BCUT2D eigenvalue weighted by molar-refractivity contribution is -0.137. The number of benzene rings is 1. The predicted octanol–water partition coefficient (Wildman–Crippen LogP) is 3.21. The van der Waals surface area contributed by atoms with Crippen molar-refractivity contribution in [1.82, 2.24) is 4.90 Å². The lowest BCUT2D eigenvalue weighted by Gasteiger charge is -2.31. The summed E-state index contributed by atoms with van der Waals surface area (Å²) >= 11 is 3.48. The van der Waals surface area contributed by atoms with Crippen molar-refractivity contribution in [3.05, 3.63) is 28.2 Å². The Balaban J connectivity index is 0.00000192. The van der Waals surface area contributed by atoms with Crippen LogP contribution in [-0.2, 0) is 11.3 Å². The van der Waals surface area contributed by atoms with E-state index >= 15 is 0 Å². The van der Waals surface area contributed by atoms with Gasteiger partial charge >= 0.3 is 0 Å². The minimum absolute atomic E-state index is 0. The van der Waals surface area contributed by atoms with Gasteiger partial charge in [0, 0.05) is 29.7 Å². The lowest BCUT2D eigenvalue weighted by atomic mass is 9.84. The van der Waals surface area contributed by atoms with Gasteiger partial charge in [-0.3, -0.25) is 4.79 Å². The summed E-state index contributed by atoms with van der Waals surface area (Å²) in [7, 11) is 3.52. The number of nitrogens with zero attached hydrogens (tertiary/aromatic N) is 1. The van der Waals surface area contributed by atoms with E-state index in [4.69, 9.17) is 10.5 Å². The molecule has 0 aromatic heterocycles. The normalized spacial score (nSPS) is 28.3. The molecule has 2 aliphatic rings. The molecule has 4 nitrogen and oxygen atoms in total. The van der Waals surface area contributed by atoms with E-state index in [1.807, 2.05) is 25.2 Å². The lowest BCUT2D eigenvalue weighted by Crippen LogP contribution is -2.45. The van der Waals surface area contributed by atoms with Crippen LogP contribution in [0.5, 0.6) is 5.75 Å². The second-order valence-electron chi connectivity index (χ2n) is 6.59. The molecule has 2 saturated carbocycles. The molecular weight excluding hydrogens is 380 g/mol. The van der Waals surface area contributed by atoms with Crippen molar-refractivity contribution in [2.24, 2.45) is 23.5 Å². The molecular formula is C17H24BrClN2O2. The maximum atomic E-state index is 12.8. The molecule has 4 atom stereocenters. The molecule has 2 aliphatic carbocycles. The third kappa shape index (κ3) is 3.52. The standard InChI is InChI=1S/C17H23BrN2O2.ClH/c1-20(9-12-8-13(18)5-6-14(12)22-2)17(21)15-10-3-4-11(7-10)16(15)19;/h5-6,8,10-11,15-16H,3-4,7,9,19H2,1-2H3;1H. The third-order valence-electron chi connectivity index (χ3n) is 5.29. The minimum atomic E-state index is 0. The molecule has 0 aliphatic heterocycles. The van der Waals surface area contributed by atoms with Crippen LogP contribution in [0.3, 0.4) is 0 Å². The van der Waals surface area contributed by atoms with Crippen LogP contribution in [0.15, 0.2) is 22.7 Å². The zero-order valence-corrected chi connectivity index (χ0v) is 15.9. The number of hydrogen-bond donors (Lipinski definition) is 1. The van der Waals surface area contributed by atoms with Crippen LogP contribution in [0, 0.1) is 17.8 Å². The highest BCUT2D eigenvalue weighted by atomic mass is 79.9. The first-order chi connectivity index (χ1) is 10.5. The van der Waals surface area contributed by atoms with Gasteiger partial charge in [0.05, 0.1) is 13.0 Å². The number of fused-ring (bicyclic) bond motifs is 2. The summed E-state index contributed by atoms with van der Waals surface area (Å²) in [6, 6.07) is 5.90. The van der Waals surface area contributed by atoms with Crippen molar-refractivity contribution in [2.75, 3.05) is 14.2 Å². The molecule has 0 spiro atoms. The molecule has 1 aromatic carbocycles. The summed E-state index contributed by atoms with van der Waals surface area (Å²) in [5.41, 5.74) is 7.30. The highest BCUT2D eigenvalue weighted by molar-refractivity contribution is 9.10. The zero-order chi connectivity index (χ0) is 15.9. The second-order valence-corrected chi connectivity index (χ2v) is 7.50. The fourth-order valence-corrected chi connectivity index (χ4v) is 4.57. The fourth-order valence-electron chi connectivity index (χ4n) is 4.16. The molecule has 0 heterocycles. The summed E-state index contributed by atoms with van der Waals surface area (Å²) < 4.78 is 6.38.